The first-order valence-corrected chi connectivity index (χ1v) is 6.76. The second-order valence-corrected chi connectivity index (χ2v) is 5.70. The highest BCUT2D eigenvalue weighted by atomic mass is 79.9. The predicted octanol–water partition coefficient (Wildman–Crippen LogP) is 4.72. The van der Waals surface area contributed by atoms with E-state index in [0.717, 1.165) is 31.6 Å². The van der Waals surface area contributed by atoms with Crippen LogP contribution in [0, 0.1) is 17.6 Å². The Morgan fingerprint density at radius 2 is 1.76 bits per heavy atom. The third kappa shape index (κ3) is 3.18. The van der Waals surface area contributed by atoms with Crippen molar-refractivity contribution in [2.24, 2.45) is 5.92 Å². The summed E-state index contributed by atoms with van der Waals surface area (Å²) in [5, 5.41) is 3.10. The molecule has 0 radical (unpaired) electrons. The molecule has 1 saturated carbocycles. The first-order valence-electron chi connectivity index (χ1n) is 5.97. The number of halogens is 3. The van der Waals surface area contributed by atoms with Gasteiger partial charge in [-0.3, -0.25) is 0 Å². The molecular formula is C13H16BrF2N. The molecule has 1 N–H and O–H groups in total. The van der Waals surface area contributed by atoms with E-state index in [4.69, 9.17) is 0 Å². The fraction of sp³-hybridized carbons (Fsp3) is 0.538. The Morgan fingerprint density at radius 3 is 2.41 bits per heavy atom. The van der Waals surface area contributed by atoms with E-state index in [2.05, 4.69) is 28.2 Å². The molecular weight excluding hydrogens is 288 g/mol. The molecule has 1 aliphatic rings. The maximum Gasteiger partial charge on any atom is 0.147 e. The van der Waals surface area contributed by atoms with Gasteiger partial charge in [0.1, 0.15) is 11.6 Å². The van der Waals surface area contributed by atoms with Gasteiger partial charge in [0.15, 0.2) is 0 Å². The fourth-order valence-corrected chi connectivity index (χ4v) is 2.57. The van der Waals surface area contributed by atoms with Crippen LogP contribution in [0.1, 0.15) is 32.6 Å². The molecule has 1 aliphatic carbocycles. The maximum atomic E-state index is 13.6. The van der Waals surface area contributed by atoms with Gasteiger partial charge in [-0.05, 0) is 53.6 Å². The lowest BCUT2D eigenvalue weighted by Gasteiger charge is -2.27. The van der Waals surface area contributed by atoms with Crippen molar-refractivity contribution in [2.45, 2.75) is 38.6 Å². The van der Waals surface area contributed by atoms with Crippen LogP contribution in [-0.4, -0.2) is 6.04 Å². The number of nitrogens with one attached hydrogen (secondary N) is 1. The molecule has 0 amide bonds. The highest BCUT2D eigenvalue weighted by molar-refractivity contribution is 9.10. The molecule has 0 aromatic heterocycles. The fourth-order valence-electron chi connectivity index (χ4n) is 2.26. The summed E-state index contributed by atoms with van der Waals surface area (Å²) in [5.41, 5.74) is 0.269. The normalized spacial score (nSPS) is 24.7. The summed E-state index contributed by atoms with van der Waals surface area (Å²) in [6.07, 6.45) is 4.35. The second kappa shape index (κ2) is 5.34. The Kier molecular flexibility index (Phi) is 4.02. The zero-order valence-corrected chi connectivity index (χ0v) is 11.4. The minimum absolute atomic E-state index is 0.165. The van der Waals surface area contributed by atoms with Gasteiger partial charge in [-0.25, -0.2) is 8.78 Å². The van der Waals surface area contributed by atoms with E-state index in [9.17, 15) is 8.78 Å². The van der Waals surface area contributed by atoms with Gasteiger partial charge in [0.2, 0.25) is 0 Å². The highest BCUT2D eigenvalue weighted by Crippen LogP contribution is 2.29. The Labute approximate surface area is 109 Å². The third-order valence-corrected chi connectivity index (χ3v) is 3.99. The van der Waals surface area contributed by atoms with Gasteiger partial charge >= 0.3 is 0 Å². The lowest BCUT2D eigenvalue weighted by atomic mass is 9.87. The molecule has 17 heavy (non-hydrogen) atoms. The van der Waals surface area contributed by atoms with Crippen LogP contribution in [0.25, 0.3) is 0 Å². The largest absolute Gasteiger partial charge is 0.380 e. The standard InChI is InChI=1S/C13H16BrF2N/c1-8-2-4-9(5-3-8)17-13-7-11(15)10(14)6-12(13)16/h6-9,17H,2-5H2,1H3. The van der Waals surface area contributed by atoms with E-state index in [-0.39, 0.29) is 16.2 Å². The molecule has 0 atom stereocenters. The van der Waals surface area contributed by atoms with Gasteiger partial charge in [-0.1, -0.05) is 6.92 Å². The molecule has 0 aliphatic heterocycles. The number of rotatable bonds is 2. The summed E-state index contributed by atoms with van der Waals surface area (Å²) in [4.78, 5) is 0. The Hall–Kier alpha value is -0.640. The second-order valence-electron chi connectivity index (χ2n) is 4.85. The van der Waals surface area contributed by atoms with Gasteiger partial charge in [-0.15, -0.1) is 0 Å². The van der Waals surface area contributed by atoms with Gasteiger partial charge < -0.3 is 5.32 Å². The summed E-state index contributed by atoms with van der Waals surface area (Å²) < 4.78 is 27.1. The van der Waals surface area contributed by atoms with Crippen LogP contribution in [0.3, 0.4) is 0 Å². The minimum Gasteiger partial charge on any atom is -0.380 e. The lowest BCUT2D eigenvalue weighted by Crippen LogP contribution is -2.25. The molecule has 0 spiro atoms. The Morgan fingerprint density at radius 1 is 1.12 bits per heavy atom. The Bertz CT molecular complexity index is 401. The monoisotopic (exact) mass is 303 g/mol. The number of hydrogen-bond donors (Lipinski definition) is 1. The smallest absolute Gasteiger partial charge is 0.147 e. The molecule has 1 aromatic rings. The van der Waals surface area contributed by atoms with Crippen molar-refractivity contribution in [3.05, 3.63) is 28.2 Å². The van der Waals surface area contributed by atoms with Crippen LogP contribution in [0.5, 0.6) is 0 Å². The van der Waals surface area contributed by atoms with Gasteiger partial charge in [0, 0.05) is 12.1 Å². The van der Waals surface area contributed by atoms with E-state index in [0.29, 0.717) is 0 Å². The van der Waals surface area contributed by atoms with E-state index in [1.807, 2.05) is 0 Å². The number of benzene rings is 1. The van der Waals surface area contributed by atoms with Crippen LogP contribution in [0.2, 0.25) is 0 Å². The predicted molar refractivity (Wildman–Crippen MR) is 69.1 cm³/mol. The van der Waals surface area contributed by atoms with Crippen LogP contribution < -0.4 is 5.32 Å². The van der Waals surface area contributed by atoms with Crippen LogP contribution in [0.4, 0.5) is 14.5 Å². The van der Waals surface area contributed by atoms with Crippen LogP contribution in [0.15, 0.2) is 16.6 Å². The van der Waals surface area contributed by atoms with Crippen molar-refractivity contribution in [3.8, 4) is 0 Å². The molecule has 0 unspecified atom stereocenters. The molecule has 2 rings (SSSR count). The zero-order chi connectivity index (χ0) is 12.4. The maximum absolute atomic E-state index is 13.6. The summed E-state index contributed by atoms with van der Waals surface area (Å²) in [7, 11) is 0. The average molecular weight is 304 g/mol. The summed E-state index contributed by atoms with van der Waals surface area (Å²) in [6.45, 7) is 2.23. The molecule has 0 saturated heterocycles. The number of hydrogen-bond acceptors (Lipinski definition) is 1. The SMILES string of the molecule is CC1CCC(Nc2cc(F)c(Br)cc2F)CC1. The number of anilines is 1. The molecule has 1 fully saturated rings. The van der Waals surface area contributed by atoms with Crippen LogP contribution >= 0.6 is 15.9 Å². The minimum atomic E-state index is -0.432. The topological polar surface area (TPSA) is 12.0 Å². The Balaban J connectivity index is 2.06. The van der Waals surface area contributed by atoms with Gasteiger partial charge in [0.25, 0.3) is 0 Å². The van der Waals surface area contributed by atoms with Crippen LogP contribution in [-0.2, 0) is 0 Å². The van der Waals surface area contributed by atoms with Crippen molar-refractivity contribution in [3.63, 3.8) is 0 Å². The van der Waals surface area contributed by atoms with Crippen molar-refractivity contribution in [1.82, 2.24) is 0 Å². The molecule has 4 heteroatoms. The molecule has 94 valence electrons. The lowest BCUT2D eigenvalue weighted by molar-refractivity contribution is 0.360. The quantitative estimate of drug-likeness (QED) is 0.780. The van der Waals surface area contributed by atoms with Crippen molar-refractivity contribution < 1.29 is 8.78 Å². The average Bonchev–Trinajstić information content (AvgIpc) is 2.29. The summed E-state index contributed by atoms with van der Waals surface area (Å²) >= 11 is 2.97. The van der Waals surface area contributed by atoms with E-state index < -0.39 is 11.6 Å². The van der Waals surface area contributed by atoms with Crippen molar-refractivity contribution >= 4 is 21.6 Å². The van der Waals surface area contributed by atoms with E-state index in [1.54, 1.807) is 0 Å². The summed E-state index contributed by atoms with van der Waals surface area (Å²) in [5.74, 6) is -0.0884. The first-order chi connectivity index (χ1) is 8.06. The first kappa shape index (κ1) is 12.8. The van der Waals surface area contributed by atoms with Crippen molar-refractivity contribution in [1.29, 1.82) is 0 Å². The summed E-state index contributed by atoms with van der Waals surface area (Å²) in [6, 6.07) is 2.65. The highest BCUT2D eigenvalue weighted by Gasteiger charge is 2.19. The molecule has 0 bridgehead atoms. The van der Waals surface area contributed by atoms with E-state index in [1.165, 1.54) is 12.1 Å². The molecule has 1 aromatic carbocycles. The molecule has 0 heterocycles. The van der Waals surface area contributed by atoms with Crippen molar-refractivity contribution in [2.75, 3.05) is 5.32 Å². The zero-order valence-electron chi connectivity index (χ0n) is 9.77. The van der Waals surface area contributed by atoms with E-state index >= 15 is 0 Å². The molecule has 1 nitrogen and oxygen atoms in total. The third-order valence-electron chi connectivity index (χ3n) is 3.39. The van der Waals surface area contributed by atoms with Gasteiger partial charge in [0.05, 0.1) is 10.2 Å². The van der Waals surface area contributed by atoms with Gasteiger partial charge in [-0.2, -0.15) is 0 Å².